The number of aryl methyl sites for hydroxylation is 1. The SMILES string of the molecule is CCOC(=O)c1c(C)nc2nc(OC)cc(OC)n12. The molecule has 0 bridgehead atoms. The number of hydrogen-bond donors (Lipinski definition) is 0. The zero-order valence-corrected chi connectivity index (χ0v) is 11.3. The van der Waals surface area contributed by atoms with Gasteiger partial charge in [0.15, 0.2) is 5.69 Å². The Morgan fingerprint density at radius 3 is 2.63 bits per heavy atom. The van der Waals surface area contributed by atoms with Crippen LogP contribution in [-0.4, -0.2) is 41.2 Å². The molecule has 0 saturated heterocycles. The summed E-state index contributed by atoms with van der Waals surface area (Å²) in [4.78, 5) is 20.4. The number of esters is 1. The van der Waals surface area contributed by atoms with Crippen molar-refractivity contribution in [1.29, 1.82) is 0 Å². The molecule has 7 nitrogen and oxygen atoms in total. The van der Waals surface area contributed by atoms with Crippen molar-refractivity contribution in [3.8, 4) is 11.8 Å². The molecule has 102 valence electrons. The third-order valence-electron chi connectivity index (χ3n) is 2.60. The van der Waals surface area contributed by atoms with E-state index in [0.717, 1.165) is 0 Å². The van der Waals surface area contributed by atoms with Gasteiger partial charge in [-0.2, -0.15) is 4.98 Å². The van der Waals surface area contributed by atoms with Gasteiger partial charge in [0, 0.05) is 0 Å². The van der Waals surface area contributed by atoms with E-state index in [-0.39, 0.29) is 6.61 Å². The molecular formula is C12H15N3O4. The molecule has 0 aliphatic heterocycles. The van der Waals surface area contributed by atoms with E-state index in [4.69, 9.17) is 14.2 Å². The number of imidazole rings is 1. The van der Waals surface area contributed by atoms with Crippen LogP contribution >= 0.6 is 0 Å². The third-order valence-corrected chi connectivity index (χ3v) is 2.60. The molecule has 2 rings (SSSR count). The Kier molecular flexibility index (Phi) is 3.55. The summed E-state index contributed by atoms with van der Waals surface area (Å²) in [5, 5.41) is 0. The van der Waals surface area contributed by atoms with Crippen molar-refractivity contribution in [3.05, 3.63) is 17.5 Å². The van der Waals surface area contributed by atoms with Gasteiger partial charge in [-0.15, -0.1) is 0 Å². The number of carbonyl (C=O) groups is 1. The fourth-order valence-corrected chi connectivity index (χ4v) is 1.79. The second kappa shape index (κ2) is 5.13. The van der Waals surface area contributed by atoms with Crippen molar-refractivity contribution in [3.63, 3.8) is 0 Å². The van der Waals surface area contributed by atoms with Crippen LogP contribution in [-0.2, 0) is 4.74 Å². The Hall–Kier alpha value is -2.31. The van der Waals surface area contributed by atoms with Crippen LogP contribution in [0.25, 0.3) is 5.78 Å². The van der Waals surface area contributed by atoms with E-state index in [9.17, 15) is 4.79 Å². The van der Waals surface area contributed by atoms with Crippen LogP contribution in [0.4, 0.5) is 0 Å². The summed E-state index contributed by atoms with van der Waals surface area (Å²) in [5.74, 6) is 0.643. The number of ether oxygens (including phenoxy) is 3. The van der Waals surface area contributed by atoms with Gasteiger partial charge >= 0.3 is 5.97 Å². The van der Waals surface area contributed by atoms with E-state index < -0.39 is 5.97 Å². The van der Waals surface area contributed by atoms with Gasteiger partial charge in [0.2, 0.25) is 17.5 Å². The highest BCUT2D eigenvalue weighted by Crippen LogP contribution is 2.23. The van der Waals surface area contributed by atoms with E-state index in [0.29, 0.717) is 28.9 Å². The fraction of sp³-hybridized carbons (Fsp3) is 0.417. The van der Waals surface area contributed by atoms with Gasteiger partial charge in [0.1, 0.15) is 0 Å². The number of aromatic nitrogens is 3. The summed E-state index contributed by atoms with van der Waals surface area (Å²) in [6.45, 7) is 3.75. The summed E-state index contributed by atoms with van der Waals surface area (Å²) >= 11 is 0. The Morgan fingerprint density at radius 2 is 2.05 bits per heavy atom. The first-order valence-electron chi connectivity index (χ1n) is 5.77. The lowest BCUT2D eigenvalue weighted by Gasteiger charge is -2.08. The predicted molar refractivity (Wildman–Crippen MR) is 66.8 cm³/mol. The van der Waals surface area contributed by atoms with E-state index >= 15 is 0 Å². The van der Waals surface area contributed by atoms with Crippen LogP contribution in [0.3, 0.4) is 0 Å². The lowest BCUT2D eigenvalue weighted by Crippen LogP contribution is -2.11. The molecule has 0 fully saturated rings. The molecule has 2 heterocycles. The monoisotopic (exact) mass is 265 g/mol. The van der Waals surface area contributed by atoms with Crippen molar-refractivity contribution in [2.24, 2.45) is 0 Å². The molecular weight excluding hydrogens is 250 g/mol. The fourth-order valence-electron chi connectivity index (χ4n) is 1.79. The lowest BCUT2D eigenvalue weighted by molar-refractivity contribution is 0.0516. The van der Waals surface area contributed by atoms with Crippen molar-refractivity contribution >= 4 is 11.7 Å². The molecule has 0 aliphatic rings. The second-order valence-corrected chi connectivity index (χ2v) is 3.74. The smallest absolute Gasteiger partial charge is 0.357 e. The van der Waals surface area contributed by atoms with Gasteiger partial charge in [-0.3, -0.25) is 0 Å². The summed E-state index contributed by atoms with van der Waals surface area (Å²) in [6, 6.07) is 1.58. The van der Waals surface area contributed by atoms with Crippen molar-refractivity contribution < 1.29 is 19.0 Å². The summed E-state index contributed by atoms with van der Waals surface area (Å²) in [6.07, 6.45) is 0. The van der Waals surface area contributed by atoms with E-state index in [1.165, 1.54) is 18.6 Å². The number of nitrogens with zero attached hydrogens (tertiary/aromatic N) is 3. The van der Waals surface area contributed by atoms with E-state index in [1.807, 2.05) is 0 Å². The number of hydrogen-bond acceptors (Lipinski definition) is 6. The first-order valence-corrected chi connectivity index (χ1v) is 5.77. The van der Waals surface area contributed by atoms with Gasteiger partial charge in [-0.05, 0) is 13.8 Å². The quantitative estimate of drug-likeness (QED) is 0.774. The van der Waals surface area contributed by atoms with Crippen LogP contribution in [0.1, 0.15) is 23.1 Å². The standard InChI is InChI=1S/C12H15N3O4/c1-5-19-11(16)10-7(2)13-12-14-8(17-3)6-9(18-4)15(10)12/h6H,5H2,1-4H3. The molecule has 2 aromatic rings. The Balaban J connectivity index is 2.71. The number of carbonyl (C=O) groups excluding carboxylic acids is 1. The second-order valence-electron chi connectivity index (χ2n) is 3.74. The highest BCUT2D eigenvalue weighted by atomic mass is 16.5. The number of fused-ring (bicyclic) bond motifs is 1. The van der Waals surface area contributed by atoms with Crippen molar-refractivity contribution in [2.75, 3.05) is 20.8 Å². The maximum absolute atomic E-state index is 12.0. The molecule has 0 unspecified atom stereocenters. The van der Waals surface area contributed by atoms with E-state index in [2.05, 4.69) is 9.97 Å². The van der Waals surface area contributed by atoms with Crippen molar-refractivity contribution in [2.45, 2.75) is 13.8 Å². The minimum absolute atomic E-state index is 0.289. The summed E-state index contributed by atoms with van der Waals surface area (Å²) < 4.78 is 16.8. The zero-order chi connectivity index (χ0) is 14.0. The predicted octanol–water partition coefficient (Wildman–Crippen LogP) is 1.23. The Bertz CT molecular complexity index is 621. The highest BCUT2D eigenvalue weighted by molar-refractivity contribution is 5.90. The van der Waals surface area contributed by atoms with Crippen molar-refractivity contribution in [1.82, 2.24) is 14.4 Å². The first kappa shape index (κ1) is 13.1. The molecule has 0 atom stereocenters. The molecule has 0 aliphatic carbocycles. The maximum Gasteiger partial charge on any atom is 0.357 e. The number of rotatable bonds is 4. The van der Waals surface area contributed by atoms with Crippen LogP contribution in [0.5, 0.6) is 11.8 Å². The Morgan fingerprint density at radius 1 is 1.32 bits per heavy atom. The zero-order valence-electron chi connectivity index (χ0n) is 11.3. The van der Waals surface area contributed by atoms with Gasteiger partial charge in [0.25, 0.3) is 0 Å². The minimum atomic E-state index is -0.460. The molecule has 0 amide bonds. The molecule has 0 aromatic carbocycles. The average Bonchev–Trinajstić information content (AvgIpc) is 2.73. The maximum atomic E-state index is 12.0. The van der Waals surface area contributed by atoms with Gasteiger partial charge in [-0.1, -0.05) is 0 Å². The highest BCUT2D eigenvalue weighted by Gasteiger charge is 2.22. The van der Waals surface area contributed by atoms with Gasteiger partial charge < -0.3 is 14.2 Å². The molecule has 19 heavy (non-hydrogen) atoms. The lowest BCUT2D eigenvalue weighted by atomic mass is 10.3. The minimum Gasteiger partial charge on any atom is -0.482 e. The van der Waals surface area contributed by atoms with Gasteiger partial charge in [0.05, 0.1) is 32.6 Å². The largest absolute Gasteiger partial charge is 0.482 e. The molecule has 0 N–H and O–H groups in total. The molecule has 2 aromatic heterocycles. The average molecular weight is 265 g/mol. The summed E-state index contributed by atoms with van der Waals surface area (Å²) in [7, 11) is 3.00. The van der Waals surface area contributed by atoms with Crippen LogP contribution < -0.4 is 9.47 Å². The molecule has 0 spiro atoms. The van der Waals surface area contributed by atoms with Crippen LogP contribution in [0.2, 0.25) is 0 Å². The van der Waals surface area contributed by atoms with Crippen LogP contribution in [0.15, 0.2) is 6.07 Å². The normalized spacial score (nSPS) is 10.5. The summed E-state index contributed by atoms with van der Waals surface area (Å²) in [5.41, 5.74) is 0.835. The molecule has 0 saturated carbocycles. The first-order chi connectivity index (χ1) is 9.12. The third kappa shape index (κ3) is 2.18. The topological polar surface area (TPSA) is 75.0 Å². The Labute approximate surface area is 110 Å². The number of methoxy groups -OCH3 is 2. The van der Waals surface area contributed by atoms with Crippen LogP contribution in [0, 0.1) is 6.92 Å². The van der Waals surface area contributed by atoms with Gasteiger partial charge in [-0.25, -0.2) is 14.2 Å². The molecule has 7 heteroatoms. The molecule has 0 radical (unpaired) electrons. The van der Waals surface area contributed by atoms with E-state index in [1.54, 1.807) is 19.9 Å².